The van der Waals surface area contributed by atoms with Crippen molar-refractivity contribution < 1.29 is 13.2 Å². The molecule has 1 saturated carbocycles. The summed E-state index contributed by atoms with van der Waals surface area (Å²) < 4.78 is 32.6. The number of benzene rings is 2. The molecule has 3 rings (SSSR count). The van der Waals surface area contributed by atoms with Crippen molar-refractivity contribution in [3.8, 4) is 0 Å². The summed E-state index contributed by atoms with van der Waals surface area (Å²) in [5, 5.41) is -0.559. The molecule has 0 heterocycles. The van der Waals surface area contributed by atoms with Crippen LogP contribution in [0.25, 0.3) is 0 Å². The summed E-state index contributed by atoms with van der Waals surface area (Å²) in [7, 11) is -3.51. The minimum atomic E-state index is -3.51. The van der Waals surface area contributed by atoms with E-state index in [-0.39, 0.29) is 12.5 Å². The smallest absolute Gasteiger partial charge is 0.182 e. The number of hydrogen-bond acceptors (Lipinski definition) is 4. The van der Waals surface area contributed by atoms with E-state index in [1.165, 1.54) is 5.56 Å². The van der Waals surface area contributed by atoms with Gasteiger partial charge in [0.25, 0.3) is 0 Å². The van der Waals surface area contributed by atoms with Gasteiger partial charge in [0.15, 0.2) is 9.84 Å². The molecule has 3 atom stereocenters. The molecule has 146 valence electrons. The average molecular weight is 388 g/mol. The van der Waals surface area contributed by atoms with E-state index in [1.54, 1.807) is 12.1 Å². The van der Waals surface area contributed by atoms with Crippen molar-refractivity contribution >= 4 is 9.84 Å². The van der Waals surface area contributed by atoms with Crippen molar-refractivity contribution in [3.05, 3.63) is 65.2 Å². The summed E-state index contributed by atoms with van der Waals surface area (Å²) in [6.45, 7) is 7.15. The van der Waals surface area contributed by atoms with E-state index >= 15 is 0 Å². The van der Waals surface area contributed by atoms with Crippen LogP contribution in [0.2, 0.25) is 0 Å². The lowest BCUT2D eigenvalue weighted by Gasteiger charge is -2.16. The highest BCUT2D eigenvalue weighted by Crippen LogP contribution is 2.63. The highest BCUT2D eigenvalue weighted by Gasteiger charge is 2.70. The molecule has 27 heavy (non-hydrogen) atoms. The highest BCUT2D eigenvalue weighted by atomic mass is 32.2. The Labute approximate surface area is 162 Å². The molecule has 2 N–H and O–H groups in total. The third-order valence-corrected chi connectivity index (χ3v) is 8.10. The van der Waals surface area contributed by atoms with Crippen LogP contribution in [0.1, 0.15) is 36.5 Å². The van der Waals surface area contributed by atoms with Crippen molar-refractivity contribution in [2.24, 2.45) is 11.1 Å². The van der Waals surface area contributed by atoms with E-state index in [0.29, 0.717) is 18.1 Å². The molecule has 4 nitrogen and oxygen atoms in total. The van der Waals surface area contributed by atoms with Gasteiger partial charge in [0, 0.05) is 24.5 Å². The molecule has 0 unspecified atom stereocenters. The van der Waals surface area contributed by atoms with E-state index in [2.05, 4.69) is 19.1 Å². The second-order valence-electron chi connectivity index (χ2n) is 7.43. The summed E-state index contributed by atoms with van der Waals surface area (Å²) in [6.07, 6.45) is 0.955. The molecule has 2 aromatic rings. The quantitative estimate of drug-likeness (QED) is 0.753. The molecule has 0 saturated heterocycles. The van der Waals surface area contributed by atoms with Gasteiger partial charge in [0.05, 0.1) is 16.8 Å². The van der Waals surface area contributed by atoms with E-state index in [9.17, 15) is 8.42 Å². The van der Waals surface area contributed by atoms with Crippen LogP contribution in [0.3, 0.4) is 0 Å². The van der Waals surface area contributed by atoms with Crippen LogP contribution < -0.4 is 5.73 Å². The van der Waals surface area contributed by atoms with E-state index < -0.39 is 20.5 Å². The Morgan fingerprint density at radius 3 is 2.19 bits per heavy atom. The summed E-state index contributed by atoms with van der Waals surface area (Å²) >= 11 is 0. The van der Waals surface area contributed by atoms with Crippen LogP contribution in [0, 0.1) is 12.3 Å². The van der Waals surface area contributed by atoms with Crippen molar-refractivity contribution in [2.75, 3.05) is 19.8 Å². The lowest BCUT2D eigenvalue weighted by atomic mass is 9.99. The van der Waals surface area contributed by atoms with Crippen LogP contribution in [-0.2, 0) is 21.0 Å². The maximum absolute atomic E-state index is 13.4. The molecule has 1 fully saturated rings. The molecular formula is C22H29NO3S. The molecular weight excluding hydrogens is 358 g/mol. The van der Waals surface area contributed by atoms with Crippen LogP contribution in [0.15, 0.2) is 53.4 Å². The number of nitrogens with two attached hydrogens (primary N) is 1. The number of aryl methyl sites for hydroxylation is 2. The van der Waals surface area contributed by atoms with E-state index in [0.717, 1.165) is 17.5 Å². The predicted molar refractivity (Wildman–Crippen MR) is 109 cm³/mol. The molecule has 1 aliphatic carbocycles. The van der Waals surface area contributed by atoms with Crippen molar-refractivity contribution in [2.45, 2.75) is 43.3 Å². The molecule has 0 bridgehead atoms. The zero-order chi connectivity index (χ0) is 19.7. The van der Waals surface area contributed by atoms with Gasteiger partial charge >= 0.3 is 0 Å². The molecule has 0 aromatic heterocycles. The molecule has 1 aliphatic rings. The van der Waals surface area contributed by atoms with Gasteiger partial charge in [-0.2, -0.15) is 0 Å². The first-order chi connectivity index (χ1) is 12.9. The monoisotopic (exact) mass is 387 g/mol. The molecule has 0 spiro atoms. The second-order valence-corrected chi connectivity index (χ2v) is 9.50. The first-order valence-electron chi connectivity index (χ1n) is 9.58. The van der Waals surface area contributed by atoms with Gasteiger partial charge in [0.2, 0.25) is 0 Å². The van der Waals surface area contributed by atoms with Crippen LogP contribution in [0.4, 0.5) is 0 Å². The Hall–Kier alpha value is -1.69. The minimum Gasteiger partial charge on any atom is -0.381 e. The lowest BCUT2D eigenvalue weighted by molar-refractivity contribution is 0.101. The molecule has 0 aliphatic heterocycles. The largest absolute Gasteiger partial charge is 0.381 e. The average Bonchev–Trinajstić information content (AvgIpc) is 3.37. The predicted octanol–water partition coefficient (Wildman–Crippen LogP) is 3.48. The van der Waals surface area contributed by atoms with Crippen LogP contribution in [-0.4, -0.2) is 33.4 Å². The summed E-state index contributed by atoms with van der Waals surface area (Å²) in [5.74, 6) is -0.147. The summed E-state index contributed by atoms with van der Waals surface area (Å²) in [4.78, 5) is 0.361. The van der Waals surface area contributed by atoms with Gasteiger partial charge in [-0.3, -0.25) is 0 Å². The Morgan fingerprint density at radius 1 is 1.04 bits per heavy atom. The molecule has 0 amide bonds. The fourth-order valence-corrected chi connectivity index (χ4v) is 6.49. The minimum absolute atomic E-state index is 0.147. The molecule has 0 radical (unpaired) electrons. The highest BCUT2D eigenvalue weighted by molar-refractivity contribution is 7.92. The van der Waals surface area contributed by atoms with Crippen molar-refractivity contribution in [1.82, 2.24) is 0 Å². The zero-order valence-electron chi connectivity index (χ0n) is 16.3. The normalized spacial score (nSPS) is 24.7. The molecule has 2 aromatic carbocycles. The maximum atomic E-state index is 13.4. The number of hydrogen-bond donors (Lipinski definition) is 1. The number of rotatable bonds is 8. The third kappa shape index (κ3) is 3.56. The zero-order valence-corrected chi connectivity index (χ0v) is 17.1. The third-order valence-electron chi connectivity index (χ3n) is 5.77. The number of ether oxygens (including phenoxy) is 1. The van der Waals surface area contributed by atoms with Gasteiger partial charge < -0.3 is 10.5 Å². The van der Waals surface area contributed by atoms with E-state index in [4.69, 9.17) is 10.5 Å². The lowest BCUT2D eigenvalue weighted by Crippen LogP contribution is -2.29. The Bertz CT molecular complexity index is 875. The van der Waals surface area contributed by atoms with E-state index in [1.807, 2.05) is 38.1 Å². The fraction of sp³-hybridized carbons (Fsp3) is 0.455. The van der Waals surface area contributed by atoms with Crippen molar-refractivity contribution in [3.63, 3.8) is 0 Å². The summed E-state index contributed by atoms with van der Waals surface area (Å²) in [5.41, 5.74) is 8.86. The standard InChI is InChI=1S/C22H29NO3S/c1-4-17-8-10-18(11-9-17)20-21(22(20,14-23)15-26-5-2)27(24,25)19-12-6-16(3)7-13-19/h6-13,20-21H,4-5,14-15,23H2,1-3H3/t20-,21-,22-/m0/s1. The Morgan fingerprint density at radius 2 is 1.67 bits per heavy atom. The van der Waals surface area contributed by atoms with Gasteiger partial charge in [-0.1, -0.05) is 48.9 Å². The van der Waals surface area contributed by atoms with Gasteiger partial charge in [-0.25, -0.2) is 8.42 Å². The SMILES string of the molecule is CCOC[C@@]1(CN)[C@@H](c2ccc(CC)cc2)[C@@H]1S(=O)(=O)c1ccc(C)cc1. The van der Waals surface area contributed by atoms with Gasteiger partial charge in [-0.15, -0.1) is 0 Å². The maximum Gasteiger partial charge on any atom is 0.182 e. The topological polar surface area (TPSA) is 69.4 Å². The van der Waals surface area contributed by atoms with Crippen LogP contribution >= 0.6 is 0 Å². The van der Waals surface area contributed by atoms with Gasteiger partial charge in [0.1, 0.15) is 0 Å². The second kappa shape index (κ2) is 7.74. The first-order valence-corrected chi connectivity index (χ1v) is 11.1. The number of sulfone groups is 1. The van der Waals surface area contributed by atoms with Gasteiger partial charge in [-0.05, 0) is 43.5 Å². The fourth-order valence-electron chi connectivity index (χ4n) is 4.05. The van der Waals surface area contributed by atoms with Crippen LogP contribution in [0.5, 0.6) is 0 Å². The first kappa shape index (κ1) is 20.1. The summed E-state index contributed by atoms with van der Waals surface area (Å²) in [6, 6.07) is 15.3. The Kier molecular flexibility index (Phi) is 5.75. The van der Waals surface area contributed by atoms with Crippen molar-refractivity contribution in [1.29, 1.82) is 0 Å². The Balaban J connectivity index is 2.02. The molecule has 5 heteroatoms.